The van der Waals surface area contributed by atoms with Crippen LogP contribution in [-0.2, 0) is 19.3 Å². The SMILES string of the molecule is Cc1nnc(-c2c(CCc3ccc(F)cc3)nc3c(c2-c2cc4ccnc(N[C@H]5CCc6cc(Cl)cnc65)c4s2)C(=O)N2CCC[C@@H]32)o1. The van der Waals surface area contributed by atoms with E-state index in [9.17, 15) is 9.18 Å². The number of anilines is 1. The van der Waals surface area contributed by atoms with Crippen molar-refractivity contribution in [1.82, 2.24) is 30.0 Å². The number of pyridine rings is 3. The number of aromatic nitrogens is 5. The molecule has 0 unspecified atom stereocenters. The molecule has 240 valence electrons. The highest BCUT2D eigenvalue weighted by Crippen LogP contribution is 2.50. The third kappa shape index (κ3) is 4.86. The lowest BCUT2D eigenvalue weighted by Gasteiger charge is -2.16. The zero-order chi connectivity index (χ0) is 32.5. The molecule has 0 saturated carbocycles. The summed E-state index contributed by atoms with van der Waals surface area (Å²) in [6.45, 7) is 2.45. The van der Waals surface area contributed by atoms with Crippen LogP contribution >= 0.6 is 22.9 Å². The lowest BCUT2D eigenvalue weighted by molar-refractivity contribution is 0.0776. The van der Waals surface area contributed by atoms with Gasteiger partial charge in [-0.15, -0.1) is 21.5 Å². The average Bonchev–Trinajstić information content (AvgIpc) is 3.92. The molecule has 0 spiro atoms. The van der Waals surface area contributed by atoms with E-state index < -0.39 is 0 Å². The number of amides is 1. The van der Waals surface area contributed by atoms with Gasteiger partial charge in [-0.1, -0.05) is 23.7 Å². The van der Waals surface area contributed by atoms with Crippen LogP contribution in [-0.4, -0.2) is 42.5 Å². The van der Waals surface area contributed by atoms with Gasteiger partial charge in [0.25, 0.3) is 5.91 Å². The highest BCUT2D eigenvalue weighted by Gasteiger charge is 2.45. The van der Waals surface area contributed by atoms with E-state index in [1.54, 1.807) is 42.8 Å². The summed E-state index contributed by atoms with van der Waals surface area (Å²) in [6, 6.07) is 12.6. The molecule has 1 aliphatic carbocycles. The quantitative estimate of drug-likeness (QED) is 0.181. The Morgan fingerprint density at radius 3 is 2.75 bits per heavy atom. The van der Waals surface area contributed by atoms with Gasteiger partial charge < -0.3 is 14.6 Å². The summed E-state index contributed by atoms with van der Waals surface area (Å²) in [7, 11) is 0. The number of thiophene rings is 1. The molecule has 1 amide bonds. The monoisotopic (exact) mass is 677 g/mol. The van der Waals surface area contributed by atoms with Gasteiger partial charge in [-0.2, -0.15) is 0 Å². The number of fused-ring (bicyclic) bond motifs is 5. The normalized spacial score (nSPS) is 18.1. The number of hydrogen-bond donors (Lipinski definition) is 1. The molecule has 7 heterocycles. The smallest absolute Gasteiger partial charge is 0.257 e. The van der Waals surface area contributed by atoms with Gasteiger partial charge in [0.05, 0.1) is 50.0 Å². The molecule has 2 atom stereocenters. The van der Waals surface area contributed by atoms with Gasteiger partial charge in [0.1, 0.15) is 11.6 Å². The molecule has 2 aliphatic heterocycles. The third-order valence-corrected chi connectivity index (χ3v) is 11.0. The number of halogens is 2. The Hall–Kier alpha value is -4.74. The van der Waals surface area contributed by atoms with Crippen molar-refractivity contribution in [2.45, 2.75) is 57.5 Å². The summed E-state index contributed by atoms with van der Waals surface area (Å²) in [5, 5.41) is 13.9. The summed E-state index contributed by atoms with van der Waals surface area (Å²) < 4.78 is 20.8. The summed E-state index contributed by atoms with van der Waals surface area (Å²) in [5.41, 5.74) is 6.77. The van der Waals surface area contributed by atoms with Gasteiger partial charge in [0, 0.05) is 36.3 Å². The number of carbonyl (C=O) groups is 1. The van der Waals surface area contributed by atoms with Crippen LogP contribution in [0.5, 0.6) is 0 Å². The van der Waals surface area contributed by atoms with Gasteiger partial charge in [0.15, 0.2) is 0 Å². The van der Waals surface area contributed by atoms with Gasteiger partial charge in [-0.3, -0.25) is 14.8 Å². The Bertz CT molecular complexity index is 2250. The maximum atomic E-state index is 14.2. The number of nitrogens with one attached hydrogen (secondary N) is 1. The molecule has 1 aromatic carbocycles. The second-order valence-electron chi connectivity index (χ2n) is 12.6. The minimum Gasteiger partial charge on any atom is -0.421 e. The Balaban J connectivity index is 1.21. The zero-order valence-electron chi connectivity index (χ0n) is 26.0. The second-order valence-corrected chi connectivity index (χ2v) is 14.1. The lowest BCUT2D eigenvalue weighted by Crippen LogP contribution is -2.22. The Kier molecular flexibility index (Phi) is 7.01. The van der Waals surface area contributed by atoms with Crippen LogP contribution in [0, 0.1) is 12.7 Å². The van der Waals surface area contributed by atoms with E-state index in [1.165, 1.54) is 12.1 Å². The molecule has 0 radical (unpaired) electrons. The molecular weight excluding hydrogens is 649 g/mol. The number of nitrogens with zero attached hydrogens (tertiary/aromatic N) is 6. The molecule has 1 fully saturated rings. The van der Waals surface area contributed by atoms with E-state index in [0.29, 0.717) is 47.3 Å². The minimum absolute atomic E-state index is 0.00911. The molecule has 9 rings (SSSR count). The first-order valence-electron chi connectivity index (χ1n) is 16.1. The van der Waals surface area contributed by atoms with Crippen LogP contribution in [0.3, 0.4) is 0 Å². The van der Waals surface area contributed by atoms with Gasteiger partial charge in [-0.25, -0.2) is 9.37 Å². The molecule has 1 saturated heterocycles. The number of aryl methyl sites for hydroxylation is 4. The van der Waals surface area contributed by atoms with E-state index in [2.05, 4.69) is 26.6 Å². The fourth-order valence-corrected chi connectivity index (χ4v) is 8.80. The van der Waals surface area contributed by atoms with Gasteiger partial charge >= 0.3 is 0 Å². The molecule has 9 nitrogen and oxygen atoms in total. The van der Waals surface area contributed by atoms with Gasteiger partial charge in [0.2, 0.25) is 11.8 Å². The molecular formula is C36H29ClFN7O2S. The van der Waals surface area contributed by atoms with Crippen molar-refractivity contribution >= 4 is 44.7 Å². The Labute approximate surface area is 284 Å². The molecule has 6 aromatic rings. The molecule has 0 bridgehead atoms. The van der Waals surface area contributed by atoms with Crippen LogP contribution < -0.4 is 5.32 Å². The number of carbonyl (C=O) groups excluding carboxylic acids is 1. The fourth-order valence-electron chi connectivity index (χ4n) is 7.46. The third-order valence-electron chi connectivity index (χ3n) is 9.64. The first kappa shape index (κ1) is 29.4. The maximum Gasteiger partial charge on any atom is 0.257 e. The topological polar surface area (TPSA) is 110 Å². The van der Waals surface area contributed by atoms with E-state index in [0.717, 1.165) is 80.2 Å². The molecule has 3 aliphatic rings. The molecule has 12 heteroatoms. The highest BCUT2D eigenvalue weighted by atomic mass is 35.5. The maximum absolute atomic E-state index is 14.2. The minimum atomic E-state index is -0.274. The molecule has 1 N–H and O–H groups in total. The van der Waals surface area contributed by atoms with E-state index in [1.807, 2.05) is 17.0 Å². The van der Waals surface area contributed by atoms with Crippen molar-refractivity contribution in [3.05, 3.63) is 105 Å². The molecule has 48 heavy (non-hydrogen) atoms. The first-order valence-corrected chi connectivity index (χ1v) is 17.3. The number of benzene rings is 1. The molecule has 5 aromatic heterocycles. The lowest BCUT2D eigenvalue weighted by atomic mass is 9.93. The van der Waals surface area contributed by atoms with E-state index in [4.69, 9.17) is 26.0 Å². The Morgan fingerprint density at radius 1 is 1.04 bits per heavy atom. The van der Waals surface area contributed by atoms with Crippen molar-refractivity contribution < 1.29 is 13.6 Å². The first-order chi connectivity index (χ1) is 23.4. The van der Waals surface area contributed by atoms with Crippen molar-refractivity contribution in [1.29, 1.82) is 0 Å². The van der Waals surface area contributed by atoms with Crippen LogP contribution in [0.1, 0.15) is 75.8 Å². The van der Waals surface area contributed by atoms with Crippen molar-refractivity contribution in [3.63, 3.8) is 0 Å². The van der Waals surface area contributed by atoms with Crippen LogP contribution in [0.4, 0.5) is 10.2 Å². The number of hydrogen-bond acceptors (Lipinski definition) is 9. The van der Waals surface area contributed by atoms with Crippen LogP contribution in [0.15, 0.2) is 59.3 Å². The summed E-state index contributed by atoms with van der Waals surface area (Å²) in [4.78, 5) is 31.7. The van der Waals surface area contributed by atoms with Crippen molar-refractivity contribution in [2.24, 2.45) is 0 Å². The summed E-state index contributed by atoms with van der Waals surface area (Å²) in [5.74, 6) is 1.23. The number of rotatable bonds is 7. The van der Waals surface area contributed by atoms with Crippen molar-refractivity contribution in [2.75, 3.05) is 11.9 Å². The van der Waals surface area contributed by atoms with Crippen molar-refractivity contribution in [3.8, 4) is 21.9 Å². The highest BCUT2D eigenvalue weighted by molar-refractivity contribution is 7.23. The standard InChI is InChI=1S/C36H29ClFN7O2S/c1-18-43-44-35(47-18)28-24(10-6-19-4-8-23(38)9-5-19)41-32-26-3-2-14-45(26)36(46)30(32)29(28)27-16-21-12-13-39-34(33(21)48-27)42-25-11-7-20-15-22(37)17-40-31(20)25/h4-5,8-9,12-13,15-17,25-26H,2-3,6-7,10-11,14H2,1H3,(H,39,42)/t25-,26-/m0/s1. The average molecular weight is 678 g/mol. The van der Waals surface area contributed by atoms with Gasteiger partial charge in [-0.05, 0) is 85.4 Å². The predicted octanol–water partition coefficient (Wildman–Crippen LogP) is 8.08. The van der Waals surface area contributed by atoms with E-state index >= 15 is 0 Å². The predicted molar refractivity (Wildman–Crippen MR) is 182 cm³/mol. The summed E-state index contributed by atoms with van der Waals surface area (Å²) >= 11 is 7.81. The fraction of sp³-hybridized carbons (Fsp3) is 0.278. The summed E-state index contributed by atoms with van der Waals surface area (Å²) in [6.07, 6.45) is 8.26. The van der Waals surface area contributed by atoms with E-state index in [-0.39, 0.29) is 23.8 Å². The van der Waals surface area contributed by atoms with Crippen LogP contribution in [0.2, 0.25) is 5.02 Å². The largest absolute Gasteiger partial charge is 0.421 e. The second kappa shape index (κ2) is 11.5. The Morgan fingerprint density at radius 2 is 1.92 bits per heavy atom. The van der Waals surface area contributed by atoms with Crippen LogP contribution in [0.25, 0.3) is 32.0 Å². The zero-order valence-corrected chi connectivity index (χ0v) is 27.5.